The molecule has 110 valence electrons. The average Bonchev–Trinajstić information content (AvgIpc) is 2.63. The number of benzene rings is 1. The fraction of sp³-hybridized carbons (Fsp3) is 0.200. The van der Waals surface area contributed by atoms with Crippen LogP contribution in [0.3, 0.4) is 0 Å². The molecule has 1 aliphatic rings. The van der Waals surface area contributed by atoms with Crippen molar-refractivity contribution in [2.45, 2.75) is 18.8 Å². The number of halogens is 3. The van der Waals surface area contributed by atoms with Gasteiger partial charge in [0.05, 0.1) is 11.3 Å². The van der Waals surface area contributed by atoms with E-state index in [-0.39, 0.29) is 0 Å². The van der Waals surface area contributed by atoms with Crippen molar-refractivity contribution >= 4 is 0 Å². The van der Waals surface area contributed by atoms with Crippen molar-refractivity contribution in [1.29, 1.82) is 0 Å². The summed E-state index contributed by atoms with van der Waals surface area (Å²) in [5.41, 5.74) is 6.21. The van der Waals surface area contributed by atoms with Gasteiger partial charge in [0.15, 0.2) is 6.23 Å². The van der Waals surface area contributed by atoms with Crippen LogP contribution < -0.4 is 11.1 Å². The van der Waals surface area contributed by atoms with E-state index in [2.05, 4.69) is 17.2 Å². The fourth-order valence-corrected chi connectivity index (χ4v) is 1.70. The van der Waals surface area contributed by atoms with Crippen LogP contribution in [0.15, 0.2) is 47.8 Å². The summed E-state index contributed by atoms with van der Waals surface area (Å²) < 4.78 is 37.4. The Morgan fingerprint density at radius 1 is 1.19 bits per heavy atom. The molecule has 0 aliphatic heterocycles. The summed E-state index contributed by atoms with van der Waals surface area (Å²) in [4.78, 5) is 0. The Kier molecular flexibility index (Phi) is 4.24. The molecule has 0 fully saturated rings. The smallest absolute Gasteiger partial charge is 0.401 e. The summed E-state index contributed by atoms with van der Waals surface area (Å²) in [5.74, 6) is 5.58. The molecule has 1 aromatic rings. The van der Waals surface area contributed by atoms with E-state index >= 15 is 0 Å². The van der Waals surface area contributed by atoms with Gasteiger partial charge in [-0.25, -0.2) is 0 Å². The largest absolute Gasteiger partial charge is 0.416 e. The Labute approximate surface area is 120 Å². The lowest BCUT2D eigenvalue weighted by Gasteiger charge is -2.15. The number of rotatable bonds is 3. The molecule has 0 bridgehead atoms. The molecule has 0 saturated heterocycles. The molecule has 21 heavy (non-hydrogen) atoms. The fourth-order valence-electron chi connectivity index (χ4n) is 1.70. The summed E-state index contributed by atoms with van der Waals surface area (Å²) in [6.45, 7) is 0. The summed E-state index contributed by atoms with van der Waals surface area (Å²) in [5, 5.41) is 12.7. The average molecular weight is 294 g/mol. The monoisotopic (exact) mass is 294 g/mol. The Morgan fingerprint density at radius 2 is 1.86 bits per heavy atom. The number of aliphatic hydroxyl groups excluding tert-OH is 1. The molecule has 6 heteroatoms. The molecule has 1 atom stereocenters. The molecular formula is C15H13F3N2O. The maximum atomic E-state index is 12.5. The quantitative estimate of drug-likeness (QED) is 0.593. The van der Waals surface area contributed by atoms with Crippen LogP contribution in [0.2, 0.25) is 0 Å². The number of nitrogens with two attached hydrogens (primary N) is 1. The molecule has 1 aliphatic carbocycles. The Morgan fingerprint density at radius 3 is 2.48 bits per heavy atom. The van der Waals surface area contributed by atoms with Gasteiger partial charge in [0.1, 0.15) is 0 Å². The van der Waals surface area contributed by atoms with Gasteiger partial charge in [-0.2, -0.15) is 13.2 Å². The molecule has 4 N–H and O–H groups in total. The highest BCUT2D eigenvalue weighted by atomic mass is 19.4. The van der Waals surface area contributed by atoms with Gasteiger partial charge in [-0.3, -0.25) is 0 Å². The first-order valence-electron chi connectivity index (χ1n) is 6.13. The number of nitrogens with one attached hydrogen (secondary N) is 1. The van der Waals surface area contributed by atoms with E-state index in [1.165, 1.54) is 12.1 Å². The SMILES string of the molecule is NC1=CC=C(NC(O)c2ccc(C(F)(F)F)cc2)C#CC1. The number of hydrogen-bond donors (Lipinski definition) is 3. The standard InChI is InChI=1S/C15H13F3N2O/c16-15(17,18)11-6-4-10(5-7-11)14(21)20-13-3-1-2-12(19)8-9-13/h4-9,14,20-21H,2,19H2. The normalized spacial score (nSPS) is 16.0. The molecule has 2 rings (SSSR count). The van der Waals surface area contributed by atoms with E-state index in [0.717, 1.165) is 12.1 Å². The van der Waals surface area contributed by atoms with E-state index < -0.39 is 18.0 Å². The van der Waals surface area contributed by atoms with Crippen LogP contribution in [0.25, 0.3) is 0 Å². The highest BCUT2D eigenvalue weighted by Crippen LogP contribution is 2.29. The van der Waals surface area contributed by atoms with Crippen molar-refractivity contribution in [3.63, 3.8) is 0 Å². The summed E-state index contributed by atoms with van der Waals surface area (Å²) in [6, 6.07) is 4.28. The van der Waals surface area contributed by atoms with E-state index in [1.807, 2.05) is 0 Å². The van der Waals surface area contributed by atoms with E-state index in [4.69, 9.17) is 5.73 Å². The topological polar surface area (TPSA) is 58.3 Å². The van der Waals surface area contributed by atoms with Gasteiger partial charge >= 0.3 is 6.18 Å². The minimum atomic E-state index is -4.39. The minimum Gasteiger partial charge on any atom is -0.401 e. The predicted octanol–water partition coefficient (Wildman–Crippen LogP) is 2.42. The molecule has 0 radical (unpaired) electrons. The summed E-state index contributed by atoms with van der Waals surface area (Å²) in [7, 11) is 0. The number of aliphatic hydroxyl groups is 1. The van der Waals surface area contributed by atoms with Gasteiger partial charge in [-0.15, -0.1) is 0 Å². The third-order valence-electron chi connectivity index (χ3n) is 2.83. The number of allylic oxidation sites excluding steroid dienone is 4. The lowest BCUT2D eigenvalue weighted by molar-refractivity contribution is -0.137. The van der Waals surface area contributed by atoms with Crippen LogP contribution in [-0.4, -0.2) is 5.11 Å². The summed E-state index contributed by atoms with van der Waals surface area (Å²) in [6.07, 6.45) is -1.86. The van der Waals surface area contributed by atoms with Crippen LogP contribution >= 0.6 is 0 Å². The van der Waals surface area contributed by atoms with E-state index in [9.17, 15) is 18.3 Å². The van der Waals surface area contributed by atoms with Crippen molar-refractivity contribution in [2.24, 2.45) is 5.73 Å². The second-order valence-electron chi connectivity index (χ2n) is 4.47. The number of alkyl halides is 3. The van der Waals surface area contributed by atoms with Crippen molar-refractivity contribution < 1.29 is 18.3 Å². The highest BCUT2D eigenvalue weighted by molar-refractivity contribution is 5.37. The molecule has 0 saturated carbocycles. The second-order valence-corrected chi connectivity index (χ2v) is 4.47. The Balaban J connectivity index is 2.10. The van der Waals surface area contributed by atoms with Gasteiger partial charge < -0.3 is 16.2 Å². The first kappa shape index (κ1) is 15.0. The summed E-state index contributed by atoms with van der Waals surface area (Å²) >= 11 is 0. The van der Waals surface area contributed by atoms with Gasteiger partial charge in [0.2, 0.25) is 0 Å². The van der Waals surface area contributed by atoms with Crippen LogP contribution in [0.1, 0.15) is 23.8 Å². The molecule has 0 spiro atoms. The highest BCUT2D eigenvalue weighted by Gasteiger charge is 2.30. The van der Waals surface area contributed by atoms with Crippen LogP contribution in [-0.2, 0) is 6.18 Å². The van der Waals surface area contributed by atoms with Crippen molar-refractivity contribution in [3.05, 3.63) is 58.9 Å². The number of hydrogen-bond acceptors (Lipinski definition) is 3. The molecule has 0 amide bonds. The van der Waals surface area contributed by atoms with Crippen LogP contribution in [0.5, 0.6) is 0 Å². The van der Waals surface area contributed by atoms with E-state index in [1.54, 1.807) is 12.2 Å². The molecule has 1 aromatic carbocycles. The maximum Gasteiger partial charge on any atom is 0.416 e. The predicted molar refractivity (Wildman–Crippen MR) is 72.3 cm³/mol. The zero-order valence-corrected chi connectivity index (χ0v) is 10.9. The zero-order chi connectivity index (χ0) is 15.5. The molecule has 0 heterocycles. The molecular weight excluding hydrogens is 281 g/mol. The Hall–Kier alpha value is -2.39. The Bertz CT molecular complexity index is 634. The second kappa shape index (κ2) is 5.94. The van der Waals surface area contributed by atoms with Crippen LogP contribution in [0, 0.1) is 11.8 Å². The lowest BCUT2D eigenvalue weighted by Crippen LogP contribution is -2.19. The maximum absolute atomic E-state index is 12.5. The minimum absolute atomic E-state index is 0.312. The molecule has 0 aromatic heterocycles. The van der Waals surface area contributed by atoms with Crippen molar-refractivity contribution in [1.82, 2.24) is 5.32 Å². The first-order valence-corrected chi connectivity index (χ1v) is 6.13. The third-order valence-corrected chi connectivity index (χ3v) is 2.83. The van der Waals surface area contributed by atoms with Gasteiger partial charge in [0, 0.05) is 17.7 Å². The third kappa shape index (κ3) is 4.04. The van der Waals surface area contributed by atoms with Gasteiger partial charge in [-0.1, -0.05) is 18.1 Å². The molecule has 3 nitrogen and oxygen atoms in total. The lowest BCUT2D eigenvalue weighted by atomic mass is 10.1. The van der Waals surface area contributed by atoms with Crippen molar-refractivity contribution in [2.75, 3.05) is 0 Å². The van der Waals surface area contributed by atoms with E-state index in [0.29, 0.717) is 23.4 Å². The van der Waals surface area contributed by atoms with Gasteiger partial charge in [0.25, 0.3) is 0 Å². The zero-order valence-electron chi connectivity index (χ0n) is 10.9. The van der Waals surface area contributed by atoms with Gasteiger partial charge in [-0.05, 0) is 30.2 Å². The first-order chi connectivity index (χ1) is 9.86. The molecule has 1 unspecified atom stereocenters. The van der Waals surface area contributed by atoms with Crippen molar-refractivity contribution in [3.8, 4) is 11.8 Å². The van der Waals surface area contributed by atoms with Crippen LogP contribution in [0.4, 0.5) is 13.2 Å².